The average molecular weight is 361 g/mol. The maximum Gasteiger partial charge on any atom is 0.128 e. The van der Waals surface area contributed by atoms with Gasteiger partial charge < -0.3 is 0 Å². The normalized spacial score (nSPS) is 16.2. The van der Waals surface area contributed by atoms with Crippen molar-refractivity contribution in [3.63, 3.8) is 0 Å². The highest BCUT2D eigenvalue weighted by Crippen LogP contribution is 2.41. The van der Waals surface area contributed by atoms with Crippen molar-refractivity contribution in [3.05, 3.63) is 56.8 Å². The van der Waals surface area contributed by atoms with Crippen molar-refractivity contribution in [1.29, 1.82) is 0 Å². The molecule has 0 fully saturated rings. The van der Waals surface area contributed by atoms with Gasteiger partial charge in [0, 0.05) is 21.1 Å². The molecule has 0 saturated carbocycles. The summed E-state index contributed by atoms with van der Waals surface area (Å²) in [5, 5.41) is 0. The SMILES string of the molecule is Fc1ccc(F)c(C(Br)c2cc3c(s2)CCSC3)c1. The van der Waals surface area contributed by atoms with Crippen LogP contribution in [0.5, 0.6) is 0 Å². The van der Waals surface area contributed by atoms with Crippen LogP contribution in [0.1, 0.15) is 25.7 Å². The number of rotatable bonds is 2. The molecule has 5 heteroatoms. The molecule has 3 rings (SSSR count). The van der Waals surface area contributed by atoms with E-state index < -0.39 is 5.82 Å². The Morgan fingerprint density at radius 2 is 2.05 bits per heavy atom. The summed E-state index contributed by atoms with van der Waals surface area (Å²) in [7, 11) is 0. The van der Waals surface area contributed by atoms with E-state index in [0.717, 1.165) is 28.9 Å². The minimum absolute atomic E-state index is 0.274. The quantitative estimate of drug-likeness (QED) is 0.654. The number of hydrogen-bond donors (Lipinski definition) is 0. The van der Waals surface area contributed by atoms with Crippen LogP contribution in [0.4, 0.5) is 8.78 Å². The Morgan fingerprint density at radius 1 is 1.21 bits per heavy atom. The molecular formula is C14H11BrF2S2. The minimum Gasteiger partial charge on any atom is -0.207 e. The van der Waals surface area contributed by atoms with Gasteiger partial charge in [-0.05, 0) is 42.0 Å². The lowest BCUT2D eigenvalue weighted by atomic mass is 10.1. The number of alkyl halides is 1. The van der Waals surface area contributed by atoms with Gasteiger partial charge >= 0.3 is 0 Å². The monoisotopic (exact) mass is 360 g/mol. The van der Waals surface area contributed by atoms with E-state index in [-0.39, 0.29) is 10.6 Å². The molecule has 1 aliphatic rings. The second kappa shape index (κ2) is 5.54. The molecule has 1 aliphatic heterocycles. The van der Waals surface area contributed by atoms with E-state index in [1.54, 1.807) is 11.3 Å². The molecule has 2 heterocycles. The van der Waals surface area contributed by atoms with E-state index in [4.69, 9.17) is 0 Å². The van der Waals surface area contributed by atoms with E-state index in [0.29, 0.717) is 5.56 Å². The maximum atomic E-state index is 13.8. The first-order chi connectivity index (χ1) is 9.15. The zero-order valence-electron chi connectivity index (χ0n) is 9.96. The van der Waals surface area contributed by atoms with Crippen LogP contribution >= 0.6 is 39.0 Å². The number of halogens is 3. The topological polar surface area (TPSA) is 0 Å². The number of aryl methyl sites for hydroxylation is 1. The molecule has 0 bridgehead atoms. The summed E-state index contributed by atoms with van der Waals surface area (Å²) >= 11 is 7.13. The van der Waals surface area contributed by atoms with Crippen molar-refractivity contribution in [2.45, 2.75) is 17.0 Å². The van der Waals surface area contributed by atoms with E-state index in [9.17, 15) is 8.78 Å². The van der Waals surface area contributed by atoms with Gasteiger partial charge in [-0.2, -0.15) is 11.8 Å². The molecule has 0 amide bonds. The molecule has 0 radical (unpaired) electrons. The Bertz CT molecular complexity index is 586. The van der Waals surface area contributed by atoms with Gasteiger partial charge in [-0.15, -0.1) is 11.3 Å². The van der Waals surface area contributed by atoms with Gasteiger partial charge in [-0.1, -0.05) is 15.9 Å². The summed E-state index contributed by atoms with van der Waals surface area (Å²) in [5.41, 5.74) is 1.71. The first kappa shape index (κ1) is 13.6. The number of benzene rings is 1. The molecule has 0 N–H and O–H groups in total. The van der Waals surface area contributed by atoms with Gasteiger partial charge in [0.15, 0.2) is 0 Å². The van der Waals surface area contributed by atoms with Crippen molar-refractivity contribution in [2.75, 3.05) is 5.75 Å². The first-order valence-corrected chi connectivity index (χ1v) is 8.82. The standard InChI is InChI=1S/C14H11BrF2S2/c15-14(10-6-9(16)1-2-11(10)17)13-5-8-7-18-4-3-12(8)19-13/h1-2,5-6,14H,3-4,7H2. The molecule has 1 atom stereocenters. The first-order valence-electron chi connectivity index (χ1n) is 5.93. The fourth-order valence-electron chi connectivity index (χ4n) is 2.16. The second-order valence-electron chi connectivity index (χ2n) is 4.43. The molecule has 1 aromatic heterocycles. The zero-order chi connectivity index (χ0) is 13.4. The van der Waals surface area contributed by atoms with E-state index in [2.05, 4.69) is 22.0 Å². The molecule has 2 aromatic rings. The summed E-state index contributed by atoms with van der Waals surface area (Å²) in [6.07, 6.45) is 1.08. The fraction of sp³-hybridized carbons (Fsp3) is 0.286. The van der Waals surface area contributed by atoms with Gasteiger partial charge in [-0.25, -0.2) is 8.78 Å². The average Bonchev–Trinajstić information content (AvgIpc) is 2.84. The van der Waals surface area contributed by atoms with Gasteiger partial charge in [-0.3, -0.25) is 0 Å². The van der Waals surface area contributed by atoms with Crippen LogP contribution in [-0.2, 0) is 12.2 Å². The predicted molar refractivity (Wildman–Crippen MR) is 81.3 cm³/mol. The lowest BCUT2D eigenvalue weighted by Gasteiger charge is -2.09. The Balaban J connectivity index is 1.97. The summed E-state index contributed by atoms with van der Waals surface area (Å²) in [6, 6.07) is 5.72. The Hall–Kier alpha value is -0.390. The van der Waals surface area contributed by atoms with Crippen LogP contribution in [0, 0.1) is 11.6 Å². The van der Waals surface area contributed by atoms with Crippen LogP contribution in [0.25, 0.3) is 0 Å². The molecule has 0 saturated heterocycles. The van der Waals surface area contributed by atoms with Crippen molar-refractivity contribution in [2.24, 2.45) is 0 Å². The molecule has 19 heavy (non-hydrogen) atoms. The van der Waals surface area contributed by atoms with Crippen LogP contribution in [0.15, 0.2) is 24.3 Å². The molecule has 1 unspecified atom stereocenters. The third-order valence-electron chi connectivity index (χ3n) is 3.13. The van der Waals surface area contributed by atoms with Crippen LogP contribution in [0.2, 0.25) is 0 Å². The fourth-order valence-corrected chi connectivity index (χ4v) is 5.29. The lowest BCUT2D eigenvalue weighted by molar-refractivity contribution is 0.588. The van der Waals surface area contributed by atoms with Gasteiger partial charge in [0.1, 0.15) is 11.6 Å². The number of thioether (sulfide) groups is 1. The summed E-state index contributed by atoms with van der Waals surface area (Å²) in [4.78, 5) is 2.16. The van der Waals surface area contributed by atoms with Crippen molar-refractivity contribution in [3.8, 4) is 0 Å². The Morgan fingerprint density at radius 3 is 2.84 bits per heavy atom. The van der Waals surface area contributed by atoms with Crippen LogP contribution in [-0.4, -0.2) is 5.75 Å². The molecule has 0 aliphatic carbocycles. The van der Waals surface area contributed by atoms with E-state index in [1.165, 1.54) is 22.6 Å². The molecular weight excluding hydrogens is 350 g/mol. The van der Waals surface area contributed by atoms with Crippen molar-refractivity contribution < 1.29 is 8.78 Å². The Labute approximate surface area is 127 Å². The lowest BCUT2D eigenvalue weighted by Crippen LogP contribution is -1.96. The maximum absolute atomic E-state index is 13.8. The van der Waals surface area contributed by atoms with Gasteiger partial charge in [0.2, 0.25) is 0 Å². The number of hydrogen-bond acceptors (Lipinski definition) is 2. The highest BCUT2D eigenvalue weighted by Gasteiger charge is 2.21. The molecule has 0 spiro atoms. The summed E-state index contributed by atoms with van der Waals surface area (Å²) in [5.74, 6) is 1.40. The third kappa shape index (κ3) is 2.73. The molecule has 100 valence electrons. The number of fused-ring (bicyclic) bond motifs is 1. The van der Waals surface area contributed by atoms with E-state index >= 15 is 0 Å². The predicted octanol–water partition coefficient (Wildman–Crippen LogP) is 5.30. The van der Waals surface area contributed by atoms with Gasteiger partial charge in [0.05, 0.1) is 4.83 Å². The van der Waals surface area contributed by atoms with E-state index in [1.807, 2.05) is 11.8 Å². The molecule has 1 aromatic carbocycles. The van der Waals surface area contributed by atoms with Crippen LogP contribution < -0.4 is 0 Å². The third-order valence-corrected chi connectivity index (χ3v) is 6.73. The van der Waals surface area contributed by atoms with Crippen molar-refractivity contribution >= 4 is 39.0 Å². The largest absolute Gasteiger partial charge is 0.207 e. The Kier molecular flexibility index (Phi) is 3.96. The highest BCUT2D eigenvalue weighted by molar-refractivity contribution is 9.09. The minimum atomic E-state index is -0.405. The summed E-state index contributed by atoms with van der Waals surface area (Å²) in [6.45, 7) is 0. The molecule has 0 nitrogen and oxygen atoms in total. The summed E-state index contributed by atoms with van der Waals surface area (Å²) < 4.78 is 27.1. The van der Waals surface area contributed by atoms with Crippen molar-refractivity contribution in [1.82, 2.24) is 0 Å². The smallest absolute Gasteiger partial charge is 0.128 e. The van der Waals surface area contributed by atoms with Gasteiger partial charge in [0.25, 0.3) is 0 Å². The number of thiophene rings is 1. The second-order valence-corrected chi connectivity index (χ2v) is 7.62. The zero-order valence-corrected chi connectivity index (χ0v) is 13.2. The van der Waals surface area contributed by atoms with Crippen LogP contribution in [0.3, 0.4) is 0 Å². The highest BCUT2D eigenvalue weighted by atomic mass is 79.9.